The van der Waals surface area contributed by atoms with Crippen LogP contribution in [0.15, 0.2) is 12.2 Å². The van der Waals surface area contributed by atoms with Crippen molar-refractivity contribution in [1.82, 2.24) is 0 Å². The molecule has 58 heavy (non-hydrogen) atoms. The largest absolute Gasteiger partial charge is 0.472 e. The summed E-state index contributed by atoms with van der Waals surface area (Å²) in [5, 5.41) is 18.4. The summed E-state index contributed by atoms with van der Waals surface area (Å²) in [7, 11) is -4.62. The Labute approximate surface area is 356 Å². The molecule has 0 aromatic carbocycles. The fraction of sp³-hybridized carbons (Fsp3) is 0.915. The minimum Gasteiger partial charge on any atom is -0.462 e. The van der Waals surface area contributed by atoms with Crippen LogP contribution in [0, 0.1) is 0 Å². The number of rotatable bonds is 46. The van der Waals surface area contributed by atoms with Gasteiger partial charge in [0.05, 0.1) is 19.8 Å². The predicted octanol–water partition coefficient (Wildman–Crippen LogP) is 13.2. The molecule has 0 bridgehead atoms. The van der Waals surface area contributed by atoms with Crippen molar-refractivity contribution < 1.29 is 47.8 Å². The van der Waals surface area contributed by atoms with E-state index in [2.05, 4.69) is 26.0 Å². The number of carbonyl (C=O) groups is 2. The molecule has 0 aromatic heterocycles. The molecule has 0 saturated heterocycles. The van der Waals surface area contributed by atoms with E-state index in [4.69, 9.17) is 23.6 Å². The fourth-order valence-corrected chi connectivity index (χ4v) is 7.72. The van der Waals surface area contributed by atoms with Gasteiger partial charge in [0.2, 0.25) is 0 Å². The van der Waals surface area contributed by atoms with Crippen molar-refractivity contribution >= 4 is 19.8 Å². The number of allylic oxidation sites excluding steroid dienone is 2. The van der Waals surface area contributed by atoms with Gasteiger partial charge >= 0.3 is 19.8 Å². The van der Waals surface area contributed by atoms with Crippen LogP contribution in [0.2, 0.25) is 0 Å². The molecule has 1 unspecified atom stereocenters. The third kappa shape index (κ3) is 42.8. The SMILES string of the molecule is CCCCCC/C=C/CCCCCCCCCC(=O)O[C@H](COC(=O)CCCCCCCCCCCCCCCCCCCCCC)COP(=O)(O)OC[C@H](O)CO. The van der Waals surface area contributed by atoms with Gasteiger partial charge in [-0.25, -0.2) is 4.57 Å². The molecule has 0 aromatic rings. The number of esters is 2. The second-order valence-electron chi connectivity index (χ2n) is 16.5. The van der Waals surface area contributed by atoms with Crippen LogP contribution in [0.3, 0.4) is 0 Å². The number of phosphoric acid groups is 1. The Morgan fingerprint density at radius 1 is 0.500 bits per heavy atom. The number of unbranched alkanes of at least 4 members (excludes halogenated alkanes) is 30. The predicted molar refractivity (Wildman–Crippen MR) is 238 cm³/mol. The van der Waals surface area contributed by atoms with Crippen LogP contribution in [0.1, 0.15) is 239 Å². The molecule has 10 nitrogen and oxygen atoms in total. The topological polar surface area (TPSA) is 149 Å². The van der Waals surface area contributed by atoms with Gasteiger partial charge in [0, 0.05) is 12.8 Å². The molecule has 3 atom stereocenters. The van der Waals surface area contributed by atoms with Crippen molar-refractivity contribution in [2.45, 2.75) is 251 Å². The van der Waals surface area contributed by atoms with Crippen LogP contribution in [0.25, 0.3) is 0 Å². The van der Waals surface area contributed by atoms with E-state index >= 15 is 0 Å². The van der Waals surface area contributed by atoms with Crippen molar-refractivity contribution in [1.29, 1.82) is 0 Å². The molecular weight excluding hydrogens is 755 g/mol. The summed E-state index contributed by atoms with van der Waals surface area (Å²) in [6, 6.07) is 0. The third-order valence-corrected chi connectivity index (χ3v) is 11.6. The zero-order valence-corrected chi connectivity index (χ0v) is 38.4. The number of hydrogen-bond donors (Lipinski definition) is 3. The first-order valence-corrected chi connectivity index (χ1v) is 25.6. The Balaban J connectivity index is 4.16. The molecule has 11 heteroatoms. The normalized spacial score (nSPS) is 13.8. The van der Waals surface area contributed by atoms with Gasteiger partial charge in [-0.05, 0) is 38.5 Å². The third-order valence-electron chi connectivity index (χ3n) is 10.7. The maximum atomic E-state index is 12.6. The van der Waals surface area contributed by atoms with E-state index in [0.717, 1.165) is 38.5 Å². The summed E-state index contributed by atoms with van der Waals surface area (Å²) in [5.74, 6) is -0.916. The van der Waals surface area contributed by atoms with Gasteiger partial charge < -0.3 is 24.6 Å². The first-order chi connectivity index (χ1) is 28.2. The number of aliphatic hydroxyl groups excluding tert-OH is 2. The van der Waals surface area contributed by atoms with E-state index in [1.165, 1.54) is 161 Å². The lowest BCUT2D eigenvalue weighted by molar-refractivity contribution is -0.161. The average Bonchev–Trinajstić information content (AvgIpc) is 3.21. The Morgan fingerprint density at radius 2 is 0.845 bits per heavy atom. The highest BCUT2D eigenvalue weighted by Gasteiger charge is 2.27. The van der Waals surface area contributed by atoms with Crippen molar-refractivity contribution in [2.24, 2.45) is 0 Å². The van der Waals surface area contributed by atoms with Crippen molar-refractivity contribution in [3.8, 4) is 0 Å². The van der Waals surface area contributed by atoms with E-state index in [0.29, 0.717) is 12.8 Å². The van der Waals surface area contributed by atoms with Crippen LogP contribution in [0.5, 0.6) is 0 Å². The second kappa shape index (κ2) is 43.8. The molecule has 0 radical (unpaired) electrons. The van der Waals surface area contributed by atoms with E-state index in [9.17, 15) is 24.2 Å². The Bertz CT molecular complexity index is 977. The standard InChI is InChI=1S/C47H91O10P/c1-3-5-7-9-11-13-15-17-19-20-21-22-23-25-26-28-30-32-34-36-38-46(50)54-42-45(43-56-58(52,53)55-41-44(49)40-48)57-47(51)39-37-35-33-31-29-27-24-18-16-14-12-10-8-6-4-2/h14,16,44-45,48-49H,3-13,15,17-43H2,1-2H3,(H,52,53)/b16-14+/t44-,45-/m1/s1. The molecule has 3 N–H and O–H groups in total. The van der Waals surface area contributed by atoms with E-state index in [1.54, 1.807) is 0 Å². The Hall–Kier alpha value is -1.29. The molecule has 0 aliphatic carbocycles. The number of ether oxygens (including phenoxy) is 2. The maximum Gasteiger partial charge on any atom is 0.472 e. The lowest BCUT2D eigenvalue weighted by Gasteiger charge is -2.20. The zero-order chi connectivity index (χ0) is 42.6. The van der Waals surface area contributed by atoms with Crippen LogP contribution in [-0.2, 0) is 32.7 Å². The van der Waals surface area contributed by atoms with E-state index in [1.807, 2.05) is 0 Å². The molecular formula is C47H91O10P. The smallest absolute Gasteiger partial charge is 0.462 e. The summed E-state index contributed by atoms with van der Waals surface area (Å²) < 4.78 is 32.8. The zero-order valence-electron chi connectivity index (χ0n) is 37.5. The molecule has 0 spiro atoms. The first-order valence-electron chi connectivity index (χ1n) is 24.1. The van der Waals surface area contributed by atoms with Crippen molar-refractivity contribution in [3.63, 3.8) is 0 Å². The molecule has 344 valence electrons. The molecule has 0 amide bonds. The molecule has 0 rings (SSSR count). The highest BCUT2D eigenvalue weighted by Crippen LogP contribution is 2.43. The Morgan fingerprint density at radius 3 is 1.26 bits per heavy atom. The molecule has 0 aliphatic heterocycles. The van der Waals surface area contributed by atoms with Gasteiger partial charge in [-0.15, -0.1) is 0 Å². The van der Waals surface area contributed by atoms with Gasteiger partial charge in [-0.2, -0.15) is 0 Å². The van der Waals surface area contributed by atoms with Crippen molar-refractivity contribution in [2.75, 3.05) is 26.4 Å². The van der Waals surface area contributed by atoms with Crippen LogP contribution < -0.4 is 0 Å². The monoisotopic (exact) mass is 847 g/mol. The second-order valence-corrected chi connectivity index (χ2v) is 17.9. The molecule has 0 saturated carbocycles. The first kappa shape index (κ1) is 56.7. The van der Waals surface area contributed by atoms with Gasteiger partial charge in [-0.3, -0.25) is 18.6 Å². The minimum absolute atomic E-state index is 0.183. The summed E-state index contributed by atoms with van der Waals surface area (Å²) in [4.78, 5) is 35.1. The van der Waals surface area contributed by atoms with E-state index < -0.39 is 51.8 Å². The fourth-order valence-electron chi connectivity index (χ4n) is 6.93. The summed E-state index contributed by atoms with van der Waals surface area (Å²) in [6.07, 6.45) is 43.2. The van der Waals surface area contributed by atoms with Crippen molar-refractivity contribution in [3.05, 3.63) is 12.2 Å². The maximum absolute atomic E-state index is 12.6. The summed E-state index contributed by atoms with van der Waals surface area (Å²) in [5.41, 5.74) is 0. The van der Waals surface area contributed by atoms with Gasteiger partial charge in [0.1, 0.15) is 12.7 Å². The molecule has 0 fully saturated rings. The number of phosphoric ester groups is 1. The Kier molecular flexibility index (Phi) is 42.8. The number of aliphatic hydroxyl groups is 2. The molecule has 0 aliphatic rings. The number of hydrogen-bond acceptors (Lipinski definition) is 9. The summed E-state index contributed by atoms with van der Waals surface area (Å²) >= 11 is 0. The summed E-state index contributed by atoms with van der Waals surface area (Å²) in [6.45, 7) is 2.41. The van der Waals surface area contributed by atoms with Crippen LogP contribution >= 0.6 is 7.82 Å². The average molecular weight is 847 g/mol. The highest BCUT2D eigenvalue weighted by molar-refractivity contribution is 7.47. The van der Waals surface area contributed by atoms with Crippen LogP contribution in [0.4, 0.5) is 0 Å². The lowest BCUT2D eigenvalue weighted by atomic mass is 10.0. The number of carbonyl (C=O) groups excluding carboxylic acids is 2. The molecule has 0 heterocycles. The minimum atomic E-state index is -4.62. The van der Waals surface area contributed by atoms with E-state index in [-0.39, 0.29) is 19.4 Å². The lowest BCUT2D eigenvalue weighted by Crippen LogP contribution is -2.29. The van der Waals surface area contributed by atoms with Crippen LogP contribution in [-0.4, -0.2) is 65.7 Å². The van der Waals surface area contributed by atoms with Gasteiger partial charge in [0.25, 0.3) is 0 Å². The quantitative estimate of drug-likeness (QED) is 0.0234. The highest BCUT2D eigenvalue weighted by atomic mass is 31.2. The van der Waals surface area contributed by atoms with Gasteiger partial charge in [0.15, 0.2) is 6.10 Å². The van der Waals surface area contributed by atoms with Gasteiger partial charge in [-0.1, -0.05) is 199 Å².